The molecule has 1 aromatic rings. The average molecular weight is 334 g/mol. The highest BCUT2D eigenvalue weighted by Gasteiger charge is 2.43. The van der Waals surface area contributed by atoms with Gasteiger partial charge >= 0.3 is 0 Å². The first-order valence-corrected chi connectivity index (χ1v) is 9.64. The molecule has 2 saturated heterocycles. The highest BCUT2D eigenvalue weighted by atomic mass is 19.1. The molecule has 0 bridgehead atoms. The number of fused-ring (bicyclic) bond motifs is 1. The Morgan fingerprint density at radius 1 is 0.917 bits per heavy atom. The molecule has 0 amide bonds. The van der Waals surface area contributed by atoms with Gasteiger partial charge in [0.2, 0.25) is 0 Å². The third-order valence-electron chi connectivity index (χ3n) is 6.43. The van der Waals surface area contributed by atoms with Gasteiger partial charge in [0.15, 0.2) is 0 Å². The van der Waals surface area contributed by atoms with E-state index < -0.39 is 11.6 Å². The molecule has 0 spiro atoms. The van der Waals surface area contributed by atoms with Crippen LogP contribution < -0.4 is 0 Å². The van der Waals surface area contributed by atoms with Crippen molar-refractivity contribution in [3.05, 3.63) is 35.4 Å². The molecule has 132 valence electrons. The summed E-state index contributed by atoms with van der Waals surface area (Å²) in [6, 6.07) is 5.23. The minimum Gasteiger partial charge on any atom is -0.298 e. The van der Waals surface area contributed by atoms with Crippen molar-refractivity contribution >= 4 is 0 Å². The van der Waals surface area contributed by atoms with Crippen molar-refractivity contribution in [2.75, 3.05) is 19.6 Å². The molecule has 24 heavy (non-hydrogen) atoms. The third-order valence-corrected chi connectivity index (χ3v) is 6.43. The lowest BCUT2D eigenvalue weighted by molar-refractivity contribution is -0.00432. The van der Waals surface area contributed by atoms with Gasteiger partial charge in [-0.15, -0.1) is 0 Å². The molecular weight excluding hydrogens is 306 g/mol. The number of nitrogens with zero attached hydrogens (tertiary/aromatic N) is 2. The summed E-state index contributed by atoms with van der Waals surface area (Å²) in [4.78, 5) is 5.18. The van der Waals surface area contributed by atoms with E-state index in [9.17, 15) is 8.78 Å². The van der Waals surface area contributed by atoms with Crippen molar-refractivity contribution in [3.63, 3.8) is 0 Å². The van der Waals surface area contributed by atoms with E-state index in [4.69, 9.17) is 0 Å². The molecule has 1 aromatic carbocycles. The molecule has 2 heterocycles. The standard InChI is InChI=1S/C20H28F2N2/c21-17-9-8-16(18(22)13-17)14-24-12-11-23-10-4-7-19(23)20(24)15-5-2-1-3-6-15/h8-9,13,15,19-20H,1-7,10-12,14H2/t19-,20-/m0/s1. The summed E-state index contributed by atoms with van der Waals surface area (Å²) < 4.78 is 27.4. The van der Waals surface area contributed by atoms with Gasteiger partial charge in [0.25, 0.3) is 0 Å². The van der Waals surface area contributed by atoms with Crippen LogP contribution in [0.5, 0.6) is 0 Å². The fourth-order valence-electron chi connectivity index (χ4n) is 5.31. The Kier molecular flexibility index (Phi) is 4.86. The van der Waals surface area contributed by atoms with Crippen molar-refractivity contribution in [1.82, 2.24) is 9.80 Å². The molecule has 3 aliphatic rings. The van der Waals surface area contributed by atoms with Gasteiger partial charge in [0.05, 0.1) is 0 Å². The number of hydrogen-bond donors (Lipinski definition) is 0. The van der Waals surface area contributed by atoms with Crippen LogP contribution in [0.25, 0.3) is 0 Å². The summed E-state index contributed by atoms with van der Waals surface area (Å²) in [5.41, 5.74) is 0.642. The molecule has 0 unspecified atom stereocenters. The zero-order valence-corrected chi connectivity index (χ0v) is 14.4. The number of rotatable bonds is 3. The van der Waals surface area contributed by atoms with Crippen molar-refractivity contribution in [2.45, 2.75) is 63.6 Å². The van der Waals surface area contributed by atoms with E-state index in [-0.39, 0.29) is 0 Å². The molecule has 1 saturated carbocycles. The molecule has 1 aliphatic carbocycles. The van der Waals surface area contributed by atoms with E-state index in [2.05, 4.69) is 9.80 Å². The predicted octanol–water partition coefficient (Wildman–Crippen LogP) is 4.19. The lowest BCUT2D eigenvalue weighted by atomic mass is 9.78. The highest BCUT2D eigenvalue weighted by molar-refractivity contribution is 5.19. The van der Waals surface area contributed by atoms with Crippen LogP contribution in [0, 0.1) is 17.6 Å². The Labute approximate surface area is 143 Å². The van der Waals surface area contributed by atoms with Crippen molar-refractivity contribution in [1.29, 1.82) is 0 Å². The Morgan fingerprint density at radius 2 is 1.75 bits per heavy atom. The normalized spacial score (nSPS) is 29.8. The van der Waals surface area contributed by atoms with Crippen LogP contribution in [0.4, 0.5) is 8.78 Å². The van der Waals surface area contributed by atoms with Gasteiger partial charge in [0, 0.05) is 43.3 Å². The van der Waals surface area contributed by atoms with Crippen LogP contribution in [0.3, 0.4) is 0 Å². The highest BCUT2D eigenvalue weighted by Crippen LogP contribution is 2.38. The molecule has 2 atom stereocenters. The average Bonchev–Trinajstić information content (AvgIpc) is 3.06. The van der Waals surface area contributed by atoms with Crippen LogP contribution >= 0.6 is 0 Å². The molecule has 2 aliphatic heterocycles. The number of piperazine rings is 1. The maximum Gasteiger partial charge on any atom is 0.130 e. The Hall–Kier alpha value is -1.00. The monoisotopic (exact) mass is 334 g/mol. The maximum atomic E-state index is 14.2. The second-order valence-electron chi connectivity index (χ2n) is 7.84. The van der Waals surface area contributed by atoms with Crippen LogP contribution in [-0.4, -0.2) is 41.5 Å². The van der Waals surface area contributed by atoms with Gasteiger partial charge in [-0.2, -0.15) is 0 Å². The van der Waals surface area contributed by atoms with E-state index in [1.807, 2.05) is 0 Å². The fourth-order valence-corrected chi connectivity index (χ4v) is 5.31. The zero-order chi connectivity index (χ0) is 16.5. The second kappa shape index (κ2) is 7.09. The van der Waals surface area contributed by atoms with E-state index in [1.54, 1.807) is 6.07 Å². The van der Waals surface area contributed by atoms with Gasteiger partial charge in [-0.05, 0) is 44.2 Å². The summed E-state index contributed by atoms with van der Waals surface area (Å²) in [5, 5.41) is 0. The van der Waals surface area contributed by atoms with Crippen LogP contribution in [0.1, 0.15) is 50.5 Å². The predicted molar refractivity (Wildman–Crippen MR) is 91.7 cm³/mol. The molecule has 4 heteroatoms. The Bertz CT molecular complexity index is 571. The lowest BCUT2D eigenvalue weighted by Crippen LogP contribution is -2.59. The Morgan fingerprint density at radius 3 is 2.54 bits per heavy atom. The Balaban J connectivity index is 1.56. The van der Waals surface area contributed by atoms with Gasteiger partial charge in [-0.1, -0.05) is 25.3 Å². The topological polar surface area (TPSA) is 6.48 Å². The molecule has 3 fully saturated rings. The van der Waals surface area contributed by atoms with Gasteiger partial charge in [-0.25, -0.2) is 8.78 Å². The minimum atomic E-state index is -0.485. The zero-order valence-electron chi connectivity index (χ0n) is 14.4. The summed E-state index contributed by atoms with van der Waals surface area (Å²) in [6.45, 7) is 3.95. The molecule has 0 N–H and O–H groups in total. The summed E-state index contributed by atoms with van der Waals surface area (Å²) >= 11 is 0. The van der Waals surface area contributed by atoms with Crippen molar-refractivity contribution < 1.29 is 8.78 Å². The molecule has 0 aromatic heterocycles. The van der Waals surface area contributed by atoms with Crippen LogP contribution in [0.2, 0.25) is 0 Å². The molecular formula is C20H28F2N2. The van der Waals surface area contributed by atoms with E-state index in [0.29, 0.717) is 24.2 Å². The molecule has 0 radical (unpaired) electrons. The summed E-state index contributed by atoms with van der Waals surface area (Å²) in [6.07, 6.45) is 9.26. The number of benzene rings is 1. The first kappa shape index (κ1) is 16.5. The largest absolute Gasteiger partial charge is 0.298 e. The van der Waals surface area contributed by atoms with E-state index in [0.717, 1.165) is 25.1 Å². The quantitative estimate of drug-likeness (QED) is 0.818. The van der Waals surface area contributed by atoms with Gasteiger partial charge < -0.3 is 0 Å². The lowest BCUT2D eigenvalue weighted by Gasteiger charge is -2.49. The maximum absolute atomic E-state index is 14.2. The molecule has 2 nitrogen and oxygen atoms in total. The second-order valence-corrected chi connectivity index (χ2v) is 7.84. The third kappa shape index (κ3) is 3.23. The minimum absolute atomic E-state index is 0.397. The van der Waals surface area contributed by atoms with E-state index >= 15 is 0 Å². The summed E-state index contributed by atoms with van der Waals surface area (Å²) in [7, 11) is 0. The van der Waals surface area contributed by atoms with Crippen LogP contribution in [-0.2, 0) is 6.54 Å². The van der Waals surface area contributed by atoms with Crippen molar-refractivity contribution in [3.8, 4) is 0 Å². The smallest absolute Gasteiger partial charge is 0.130 e. The number of halogens is 2. The SMILES string of the molecule is Fc1ccc(CN2CCN3CCC[C@H]3[C@@H]2C2CCCCC2)c(F)c1. The molecule has 4 rings (SSSR count). The van der Waals surface area contributed by atoms with Crippen LogP contribution in [0.15, 0.2) is 18.2 Å². The first-order chi connectivity index (χ1) is 11.7. The first-order valence-electron chi connectivity index (χ1n) is 9.64. The van der Waals surface area contributed by atoms with Gasteiger partial charge in [0.1, 0.15) is 11.6 Å². The van der Waals surface area contributed by atoms with Crippen molar-refractivity contribution in [2.24, 2.45) is 5.92 Å². The summed E-state index contributed by atoms with van der Waals surface area (Å²) in [5.74, 6) is -0.139. The fraction of sp³-hybridized carbons (Fsp3) is 0.700. The number of hydrogen-bond acceptors (Lipinski definition) is 2. The van der Waals surface area contributed by atoms with Gasteiger partial charge in [-0.3, -0.25) is 9.80 Å². The van der Waals surface area contributed by atoms with E-state index in [1.165, 1.54) is 57.6 Å².